The minimum atomic E-state index is 0.149. The molecule has 21 heavy (non-hydrogen) atoms. The van der Waals surface area contributed by atoms with Gasteiger partial charge in [0.25, 0.3) is 0 Å². The molecule has 0 radical (unpaired) electrons. The van der Waals surface area contributed by atoms with Crippen LogP contribution in [-0.2, 0) is 6.54 Å². The molecule has 0 saturated heterocycles. The van der Waals surface area contributed by atoms with Crippen LogP contribution in [-0.4, -0.2) is 17.5 Å². The maximum absolute atomic E-state index is 6.27. The van der Waals surface area contributed by atoms with E-state index in [1.807, 2.05) is 12.1 Å². The minimum absolute atomic E-state index is 0.149. The van der Waals surface area contributed by atoms with Gasteiger partial charge in [-0.1, -0.05) is 30.3 Å². The second-order valence-corrected chi connectivity index (χ2v) is 5.94. The van der Waals surface area contributed by atoms with Crippen molar-refractivity contribution in [3.63, 3.8) is 0 Å². The number of nitrogens with two attached hydrogens (primary N) is 1. The van der Waals surface area contributed by atoms with Gasteiger partial charge in [0.1, 0.15) is 5.76 Å². The van der Waals surface area contributed by atoms with E-state index in [1.54, 1.807) is 6.26 Å². The molecule has 1 heterocycles. The molecule has 1 unspecified atom stereocenters. The van der Waals surface area contributed by atoms with Crippen molar-refractivity contribution in [1.82, 2.24) is 4.90 Å². The maximum atomic E-state index is 6.27. The molecule has 3 heteroatoms. The largest absolute Gasteiger partial charge is 0.468 e. The van der Waals surface area contributed by atoms with Crippen molar-refractivity contribution in [3.8, 4) is 0 Å². The molecule has 3 rings (SSSR count). The highest BCUT2D eigenvalue weighted by Crippen LogP contribution is 2.29. The zero-order chi connectivity index (χ0) is 14.5. The molecule has 0 spiro atoms. The molecule has 0 aliphatic heterocycles. The number of hydrogen-bond donors (Lipinski definition) is 1. The number of rotatable bonds is 8. The first-order valence-electron chi connectivity index (χ1n) is 7.90. The van der Waals surface area contributed by atoms with E-state index in [0.717, 1.165) is 37.7 Å². The molecule has 112 valence electrons. The lowest BCUT2D eigenvalue weighted by molar-refractivity contribution is 0.227. The second-order valence-electron chi connectivity index (χ2n) is 5.94. The van der Waals surface area contributed by atoms with E-state index < -0.39 is 0 Å². The van der Waals surface area contributed by atoms with Crippen LogP contribution in [0, 0.1) is 0 Å². The summed E-state index contributed by atoms with van der Waals surface area (Å²) in [6, 6.07) is 15.3. The number of hydrogen-bond acceptors (Lipinski definition) is 3. The summed E-state index contributed by atoms with van der Waals surface area (Å²) >= 11 is 0. The van der Waals surface area contributed by atoms with Gasteiger partial charge in [-0.15, -0.1) is 0 Å². The van der Waals surface area contributed by atoms with Gasteiger partial charge in [-0.25, -0.2) is 0 Å². The lowest BCUT2D eigenvalue weighted by Crippen LogP contribution is -2.27. The van der Waals surface area contributed by atoms with Crippen molar-refractivity contribution in [3.05, 3.63) is 60.1 Å². The molecule has 2 aromatic rings. The molecule has 1 fully saturated rings. The fourth-order valence-electron chi connectivity index (χ4n) is 2.81. The first kappa shape index (κ1) is 14.4. The molecule has 0 bridgehead atoms. The van der Waals surface area contributed by atoms with Crippen molar-refractivity contribution < 1.29 is 4.42 Å². The summed E-state index contributed by atoms with van der Waals surface area (Å²) < 4.78 is 5.47. The van der Waals surface area contributed by atoms with E-state index in [0.29, 0.717) is 0 Å². The van der Waals surface area contributed by atoms with Crippen LogP contribution < -0.4 is 5.73 Å². The highest BCUT2D eigenvalue weighted by Gasteiger charge is 2.29. The van der Waals surface area contributed by atoms with Crippen LogP contribution in [0.2, 0.25) is 0 Å². The molecule has 1 aromatic carbocycles. The third kappa shape index (κ3) is 4.19. The highest BCUT2D eigenvalue weighted by atomic mass is 16.3. The zero-order valence-electron chi connectivity index (χ0n) is 12.4. The van der Waals surface area contributed by atoms with Crippen LogP contribution in [0.3, 0.4) is 0 Å². The van der Waals surface area contributed by atoms with Crippen molar-refractivity contribution in [2.75, 3.05) is 6.54 Å². The van der Waals surface area contributed by atoms with Gasteiger partial charge in [0.05, 0.1) is 12.8 Å². The fourth-order valence-corrected chi connectivity index (χ4v) is 2.81. The maximum Gasteiger partial charge on any atom is 0.117 e. The molecule has 2 N–H and O–H groups in total. The lowest BCUT2D eigenvalue weighted by Gasteiger charge is -2.21. The first-order chi connectivity index (χ1) is 10.3. The minimum Gasteiger partial charge on any atom is -0.468 e. The Kier molecular flexibility index (Phi) is 4.73. The van der Waals surface area contributed by atoms with Gasteiger partial charge in [-0.3, -0.25) is 4.90 Å². The molecule has 3 nitrogen and oxygen atoms in total. The summed E-state index contributed by atoms with van der Waals surface area (Å²) in [7, 11) is 0. The van der Waals surface area contributed by atoms with Gasteiger partial charge in [0, 0.05) is 12.1 Å². The van der Waals surface area contributed by atoms with Gasteiger partial charge < -0.3 is 10.2 Å². The van der Waals surface area contributed by atoms with Crippen LogP contribution >= 0.6 is 0 Å². The van der Waals surface area contributed by atoms with Crippen LogP contribution in [0.4, 0.5) is 0 Å². The fraction of sp³-hybridized carbons (Fsp3) is 0.444. The highest BCUT2D eigenvalue weighted by molar-refractivity contribution is 5.18. The zero-order valence-corrected chi connectivity index (χ0v) is 12.4. The summed E-state index contributed by atoms with van der Waals surface area (Å²) in [5, 5.41) is 0. The molecule has 1 aliphatic carbocycles. The van der Waals surface area contributed by atoms with Crippen molar-refractivity contribution in [1.29, 1.82) is 0 Å². The number of furan rings is 1. The third-order valence-electron chi connectivity index (χ3n) is 4.19. The van der Waals surface area contributed by atoms with E-state index in [1.165, 1.54) is 18.4 Å². The molecule has 0 amide bonds. The summed E-state index contributed by atoms with van der Waals surface area (Å²) in [4.78, 5) is 2.54. The monoisotopic (exact) mass is 284 g/mol. The Morgan fingerprint density at radius 2 is 1.95 bits per heavy atom. The van der Waals surface area contributed by atoms with Gasteiger partial charge >= 0.3 is 0 Å². The molecule has 1 atom stereocenters. The van der Waals surface area contributed by atoms with Gasteiger partial charge in [-0.2, -0.15) is 0 Å². The Morgan fingerprint density at radius 1 is 1.14 bits per heavy atom. The van der Waals surface area contributed by atoms with Crippen molar-refractivity contribution in [2.24, 2.45) is 5.73 Å². The quantitative estimate of drug-likeness (QED) is 0.803. The smallest absolute Gasteiger partial charge is 0.117 e. The summed E-state index contributed by atoms with van der Waals surface area (Å²) in [6.45, 7) is 2.03. The third-order valence-corrected chi connectivity index (χ3v) is 4.19. The average molecular weight is 284 g/mol. The molecular formula is C18H24N2O. The Hall–Kier alpha value is -1.58. The Balaban J connectivity index is 1.46. The Bertz CT molecular complexity index is 519. The summed E-state index contributed by atoms with van der Waals surface area (Å²) in [5.41, 5.74) is 7.51. The Morgan fingerprint density at radius 3 is 2.62 bits per heavy atom. The van der Waals surface area contributed by atoms with E-state index in [4.69, 9.17) is 10.2 Å². The SMILES string of the molecule is NC(CCCN(Cc1ccco1)C1CC1)c1ccccc1. The van der Waals surface area contributed by atoms with Crippen LogP contribution in [0.25, 0.3) is 0 Å². The van der Waals surface area contributed by atoms with E-state index in [-0.39, 0.29) is 6.04 Å². The second kappa shape index (κ2) is 6.92. The molecule has 1 aromatic heterocycles. The van der Waals surface area contributed by atoms with Gasteiger partial charge in [0.2, 0.25) is 0 Å². The Labute approximate surface area is 126 Å². The average Bonchev–Trinajstić information content (AvgIpc) is 3.24. The lowest BCUT2D eigenvalue weighted by atomic mass is 10.0. The number of benzene rings is 1. The van der Waals surface area contributed by atoms with Crippen molar-refractivity contribution >= 4 is 0 Å². The van der Waals surface area contributed by atoms with Crippen molar-refractivity contribution in [2.45, 2.75) is 44.3 Å². The van der Waals surface area contributed by atoms with Crippen LogP contribution in [0.1, 0.15) is 43.0 Å². The normalized spacial score (nSPS) is 16.3. The molecular weight excluding hydrogens is 260 g/mol. The van der Waals surface area contributed by atoms with Gasteiger partial charge in [0.15, 0.2) is 0 Å². The topological polar surface area (TPSA) is 42.4 Å². The predicted molar refractivity (Wildman–Crippen MR) is 84.7 cm³/mol. The first-order valence-corrected chi connectivity index (χ1v) is 7.90. The van der Waals surface area contributed by atoms with Gasteiger partial charge in [-0.05, 0) is 49.9 Å². The van der Waals surface area contributed by atoms with Crippen LogP contribution in [0.5, 0.6) is 0 Å². The number of nitrogens with zero attached hydrogens (tertiary/aromatic N) is 1. The van der Waals surface area contributed by atoms with Crippen LogP contribution in [0.15, 0.2) is 53.1 Å². The van der Waals surface area contributed by atoms with E-state index in [9.17, 15) is 0 Å². The van der Waals surface area contributed by atoms with E-state index >= 15 is 0 Å². The molecule has 1 saturated carbocycles. The summed E-state index contributed by atoms with van der Waals surface area (Å²) in [5.74, 6) is 1.06. The standard InChI is InChI=1S/C18H24N2O/c19-18(15-6-2-1-3-7-15)9-4-12-20(16-10-11-16)14-17-8-5-13-21-17/h1-3,5-8,13,16,18H,4,9-12,14,19H2. The summed E-state index contributed by atoms with van der Waals surface area (Å²) in [6.07, 6.45) is 6.57. The predicted octanol–water partition coefficient (Wildman–Crippen LogP) is 3.72. The van der Waals surface area contributed by atoms with E-state index in [2.05, 4.69) is 35.2 Å². The molecule has 1 aliphatic rings.